The topological polar surface area (TPSA) is 186 Å². The first kappa shape index (κ1) is 28.0. The average molecular weight is 550 g/mol. The van der Waals surface area contributed by atoms with Crippen molar-refractivity contribution in [3.8, 4) is 17.2 Å². The van der Waals surface area contributed by atoms with Crippen LogP contribution in [0.15, 0.2) is 18.2 Å². The molecule has 12 heteroatoms. The fraction of sp³-hybridized carbons (Fsp3) is 0.423. The van der Waals surface area contributed by atoms with Gasteiger partial charge in [-0.05, 0) is 19.9 Å². The smallest absolute Gasteiger partial charge is 0.202 e. The first-order valence-electron chi connectivity index (χ1n) is 11.8. The molecule has 2 aromatic rings. The van der Waals surface area contributed by atoms with E-state index in [1.54, 1.807) is 6.92 Å². The Balaban J connectivity index is 0.00000336. The number of halogens is 1. The molecule has 0 radical (unpaired) electrons. The standard InChI is InChI=1S/C26H27NO10.ClH/c1-9-19(27)24(33)25(36-9)37-14-8-26(34,10(2)28)7-12-16(14)23(32)18-17(21(12)30)20(29)11-5-4-6-13(35-3)15(11)22(18)31;/h4-6,9,14,19,24-25,30,32-34H,7-8,27H2,1-3H3;1H/t9-,14+,19-,24-,25+,26+;/m1./s1. The first-order chi connectivity index (χ1) is 17.4. The number of aliphatic hydroxyl groups is 2. The Kier molecular flexibility index (Phi) is 7.06. The van der Waals surface area contributed by atoms with Crippen LogP contribution in [-0.4, -0.2) is 75.0 Å². The molecule has 5 rings (SSSR count). The van der Waals surface area contributed by atoms with Crippen LogP contribution < -0.4 is 10.5 Å². The molecule has 11 nitrogen and oxygen atoms in total. The number of phenols is 2. The van der Waals surface area contributed by atoms with Gasteiger partial charge in [-0.3, -0.25) is 14.4 Å². The van der Waals surface area contributed by atoms with Gasteiger partial charge in [0.25, 0.3) is 0 Å². The molecule has 0 amide bonds. The largest absolute Gasteiger partial charge is 0.507 e. The Morgan fingerprint density at radius 2 is 1.79 bits per heavy atom. The van der Waals surface area contributed by atoms with E-state index < -0.39 is 82.6 Å². The zero-order valence-electron chi connectivity index (χ0n) is 20.8. The molecule has 0 aromatic heterocycles. The van der Waals surface area contributed by atoms with E-state index in [2.05, 4.69) is 0 Å². The maximum atomic E-state index is 13.6. The number of hydrogen-bond donors (Lipinski definition) is 5. The summed E-state index contributed by atoms with van der Waals surface area (Å²) >= 11 is 0. The lowest BCUT2D eigenvalue weighted by molar-refractivity contribution is -0.203. The molecule has 2 aliphatic carbocycles. The van der Waals surface area contributed by atoms with Crippen molar-refractivity contribution in [1.82, 2.24) is 0 Å². The number of ketones is 3. The summed E-state index contributed by atoms with van der Waals surface area (Å²) in [4.78, 5) is 39.5. The highest BCUT2D eigenvalue weighted by Gasteiger charge is 2.50. The van der Waals surface area contributed by atoms with Gasteiger partial charge < -0.3 is 40.4 Å². The van der Waals surface area contributed by atoms with Gasteiger partial charge in [-0.15, -0.1) is 12.4 Å². The molecule has 38 heavy (non-hydrogen) atoms. The number of fused-ring (bicyclic) bond motifs is 3. The van der Waals surface area contributed by atoms with Gasteiger partial charge >= 0.3 is 0 Å². The van der Waals surface area contributed by atoms with Crippen molar-refractivity contribution in [2.45, 2.75) is 62.9 Å². The van der Waals surface area contributed by atoms with E-state index in [0.29, 0.717) is 0 Å². The van der Waals surface area contributed by atoms with Crippen molar-refractivity contribution in [2.75, 3.05) is 7.11 Å². The van der Waals surface area contributed by atoms with Crippen LogP contribution in [0.2, 0.25) is 0 Å². The minimum absolute atomic E-state index is 0. The maximum absolute atomic E-state index is 13.6. The molecular weight excluding hydrogens is 522 g/mol. The predicted molar refractivity (Wildman–Crippen MR) is 133 cm³/mol. The molecule has 1 saturated heterocycles. The van der Waals surface area contributed by atoms with Crippen LogP contribution in [0, 0.1) is 0 Å². The van der Waals surface area contributed by atoms with Crippen LogP contribution >= 0.6 is 12.4 Å². The van der Waals surface area contributed by atoms with Crippen molar-refractivity contribution in [3.05, 3.63) is 51.6 Å². The highest BCUT2D eigenvalue weighted by atomic mass is 35.5. The fourth-order valence-corrected chi connectivity index (χ4v) is 5.42. The Hall–Kier alpha value is -3.06. The van der Waals surface area contributed by atoms with E-state index in [-0.39, 0.29) is 46.8 Å². The lowest BCUT2D eigenvalue weighted by Gasteiger charge is -2.39. The van der Waals surface area contributed by atoms with Crippen molar-refractivity contribution < 1.29 is 49.0 Å². The molecule has 1 aliphatic heterocycles. The average Bonchev–Trinajstić information content (AvgIpc) is 3.10. The maximum Gasteiger partial charge on any atom is 0.202 e. The van der Waals surface area contributed by atoms with Crippen LogP contribution in [0.5, 0.6) is 17.2 Å². The minimum Gasteiger partial charge on any atom is -0.507 e. The molecule has 0 unspecified atom stereocenters. The zero-order valence-corrected chi connectivity index (χ0v) is 21.6. The van der Waals surface area contributed by atoms with E-state index in [0.717, 1.165) is 6.92 Å². The Morgan fingerprint density at radius 1 is 1.13 bits per heavy atom. The van der Waals surface area contributed by atoms with Gasteiger partial charge in [-0.1, -0.05) is 12.1 Å². The molecular formula is C26H28ClNO10. The Morgan fingerprint density at radius 3 is 2.37 bits per heavy atom. The number of carbonyl (C=O) groups excluding carboxylic acids is 3. The summed E-state index contributed by atoms with van der Waals surface area (Å²) in [6.45, 7) is 2.79. The van der Waals surface area contributed by atoms with E-state index >= 15 is 0 Å². The number of carbonyl (C=O) groups is 3. The lowest BCUT2D eigenvalue weighted by Crippen LogP contribution is -2.46. The second-order valence-corrected chi connectivity index (χ2v) is 9.75. The van der Waals surface area contributed by atoms with Crippen LogP contribution in [0.4, 0.5) is 0 Å². The number of rotatable bonds is 4. The van der Waals surface area contributed by atoms with Crippen LogP contribution in [0.3, 0.4) is 0 Å². The highest BCUT2D eigenvalue weighted by Crippen LogP contribution is 2.52. The summed E-state index contributed by atoms with van der Waals surface area (Å²) in [5.41, 5.74) is 2.69. The number of Topliss-reactive ketones (excluding diaryl/α,β-unsaturated/α-hetero) is 1. The van der Waals surface area contributed by atoms with Gasteiger partial charge in [0.2, 0.25) is 5.78 Å². The van der Waals surface area contributed by atoms with Crippen molar-refractivity contribution in [1.29, 1.82) is 0 Å². The van der Waals surface area contributed by atoms with Crippen molar-refractivity contribution >= 4 is 29.8 Å². The summed E-state index contributed by atoms with van der Waals surface area (Å²) in [5, 5.41) is 44.3. The molecule has 0 spiro atoms. The Labute approximate surface area is 223 Å². The van der Waals surface area contributed by atoms with Crippen molar-refractivity contribution in [3.63, 3.8) is 0 Å². The van der Waals surface area contributed by atoms with Gasteiger partial charge in [-0.25, -0.2) is 0 Å². The van der Waals surface area contributed by atoms with Gasteiger partial charge in [0, 0.05) is 29.5 Å². The molecule has 6 atom stereocenters. The number of aromatic hydroxyl groups is 2. The summed E-state index contributed by atoms with van der Waals surface area (Å²) in [7, 11) is 1.33. The van der Waals surface area contributed by atoms with E-state index in [1.807, 2.05) is 0 Å². The monoisotopic (exact) mass is 549 g/mol. The van der Waals surface area contributed by atoms with Gasteiger partial charge in [0.1, 0.15) is 29.0 Å². The third kappa shape index (κ3) is 3.89. The molecule has 204 valence electrons. The van der Waals surface area contributed by atoms with Gasteiger partial charge in [0.05, 0.1) is 42.0 Å². The van der Waals surface area contributed by atoms with Crippen molar-refractivity contribution in [2.24, 2.45) is 5.73 Å². The normalized spacial score (nSPS) is 29.7. The van der Waals surface area contributed by atoms with Crippen LogP contribution in [0.25, 0.3) is 0 Å². The van der Waals surface area contributed by atoms with Gasteiger partial charge in [-0.2, -0.15) is 0 Å². The second kappa shape index (κ2) is 9.60. The number of nitrogens with two attached hydrogens (primary N) is 1. The molecule has 0 saturated carbocycles. The number of methoxy groups -OCH3 is 1. The quantitative estimate of drug-likeness (QED) is 0.293. The fourth-order valence-electron chi connectivity index (χ4n) is 5.42. The summed E-state index contributed by atoms with van der Waals surface area (Å²) in [6, 6.07) is 3.62. The third-order valence-electron chi connectivity index (χ3n) is 7.59. The molecule has 1 fully saturated rings. The molecule has 1 heterocycles. The van der Waals surface area contributed by atoms with Gasteiger partial charge in [0.15, 0.2) is 17.9 Å². The van der Waals surface area contributed by atoms with Crippen LogP contribution in [-0.2, 0) is 20.7 Å². The molecule has 0 bridgehead atoms. The molecule has 3 aliphatic rings. The number of hydrogen-bond acceptors (Lipinski definition) is 11. The third-order valence-corrected chi connectivity index (χ3v) is 7.59. The Bertz CT molecular complexity index is 1360. The second-order valence-electron chi connectivity index (χ2n) is 9.75. The highest BCUT2D eigenvalue weighted by molar-refractivity contribution is 6.31. The lowest BCUT2D eigenvalue weighted by atomic mass is 9.72. The predicted octanol–water partition coefficient (Wildman–Crippen LogP) is 1.06. The molecule has 2 aromatic carbocycles. The number of phenolic OH excluding ortho intramolecular Hbond substituents is 2. The summed E-state index contributed by atoms with van der Waals surface area (Å²) in [6.07, 6.45) is -5.26. The summed E-state index contributed by atoms with van der Waals surface area (Å²) < 4.78 is 16.8. The number of benzene rings is 2. The molecule has 6 N–H and O–H groups in total. The minimum atomic E-state index is -2.03. The summed E-state index contributed by atoms with van der Waals surface area (Å²) in [5.74, 6) is -3.31. The van der Waals surface area contributed by atoms with E-state index in [4.69, 9.17) is 19.9 Å². The zero-order chi connectivity index (χ0) is 27.0. The SMILES string of the molecule is COc1cccc2c1C(=O)c1c(O)c3c(c(O)c1C2=O)C[C@@](O)(C(C)=O)C[C@@H]3O[C@@H]1O[C@H](C)[C@@H](N)[C@H]1O.Cl. The van der Waals surface area contributed by atoms with E-state index in [1.165, 1.54) is 25.3 Å². The number of ether oxygens (including phenoxy) is 3. The van der Waals surface area contributed by atoms with E-state index in [9.17, 15) is 34.8 Å². The number of aliphatic hydroxyl groups excluding tert-OH is 1. The first-order valence-corrected chi connectivity index (χ1v) is 11.8. The van der Waals surface area contributed by atoms with Crippen LogP contribution in [0.1, 0.15) is 69.3 Å².